The molecule has 0 saturated carbocycles. The van der Waals surface area contributed by atoms with Crippen LogP contribution >= 0.6 is 0 Å². The number of phenols is 1. The Balaban J connectivity index is 1.62. The van der Waals surface area contributed by atoms with E-state index in [0.29, 0.717) is 13.1 Å². The number of hydrazone groups is 1. The third kappa shape index (κ3) is 3.76. The summed E-state index contributed by atoms with van der Waals surface area (Å²) in [4.78, 5) is 17.3. The normalized spacial score (nSPS) is 18.5. The maximum atomic E-state index is 13.5. The second kappa shape index (κ2) is 8.20. The van der Waals surface area contributed by atoms with Gasteiger partial charge in [-0.25, -0.2) is 4.79 Å². The molecule has 2 aliphatic heterocycles. The fourth-order valence-corrected chi connectivity index (χ4v) is 4.41. The fourth-order valence-electron chi connectivity index (χ4n) is 4.41. The van der Waals surface area contributed by atoms with Crippen molar-refractivity contribution in [2.24, 2.45) is 10.9 Å². The van der Waals surface area contributed by atoms with Crippen LogP contribution in [0, 0.1) is 0 Å². The molecule has 2 amide bonds. The Morgan fingerprint density at radius 1 is 1.23 bits per heavy atom. The lowest BCUT2D eigenvalue weighted by molar-refractivity contribution is 0.119. The quantitative estimate of drug-likeness (QED) is 0.405. The number of anilines is 1. The number of carbonyl (C=O) groups excluding carboxylic acids is 1. The molecule has 0 radical (unpaired) electrons. The zero-order valence-electron chi connectivity index (χ0n) is 16.9. The highest BCUT2D eigenvalue weighted by molar-refractivity contribution is 6.08. The first-order valence-electron chi connectivity index (χ1n) is 10.1. The number of phenolic OH excluding ortho intramolecular Hbond substituents is 1. The van der Waals surface area contributed by atoms with Gasteiger partial charge in [0.25, 0.3) is 0 Å². The van der Waals surface area contributed by atoms with Crippen LogP contribution in [0.4, 0.5) is 10.5 Å². The Hall–Kier alpha value is -3.32. The van der Waals surface area contributed by atoms with Gasteiger partial charge in [0.2, 0.25) is 0 Å². The van der Waals surface area contributed by atoms with Crippen LogP contribution in [0.1, 0.15) is 24.0 Å². The highest BCUT2D eigenvalue weighted by atomic mass is 16.3. The van der Waals surface area contributed by atoms with Crippen molar-refractivity contribution in [2.45, 2.75) is 24.9 Å². The fraction of sp³-hybridized carbons (Fsp3) is 0.304. The average molecular weight is 406 g/mol. The van der Waals surface area contributed by atoms with E-state index in [4.69, 9.17) is 5.84 Å². The molecule has 7 heteroatoms. The second-order valence-corrected chi connectivity index (χ2v) is 7.95. The zero-order chi connectivity index (χ0) is 21.1. The summed E-state index contributed by atoms with van der Waals surface area (Å²) in [6, 6.07) is 14.9. The first-order valence-corrected chi connectivity index (χ1v) is 10.1. The number of aromatic hydroxyl groups is 1. The van der Waals surface area contributed by atoms with Crippen LogP contribution in [0.15, 0.2) is 60.2 Å². The summed E-state index contributed by atoms with van der Waals surface area (Å²) in [7, 11) is 0. The molecule has 2 aromatic carbocycles. The van der Waals surface area contributed by atoms with E-state index in [1.54, 1.807) is 12.1 Å². The van der Waals surface area contributed by atoms with Gasteiger partial charge in [-0.05, 0) is 66.9 Å². The van der Waals surface area contributed by atoms with Crippen LogP contribution in [0.2, 0.25) is 0 Å². The number of rotatable bonds is 5. The van der Waals surface area contributed by atoms with E-state index >= 15 is 0 Å². The summed E-state index contributed by atoms with van der Waals surface area (Å²) >= 11 is 0. The zero-order valence-corrected chi connectivity index (χ0v) is 16.9. The van der Waals surface area contributed by atoms with Crippen molar-refractivity contribution in [2.75, 3.05) is 24.5 Å². The third-order valence-electron chi connectivity index (χ3n) is 6.05. The van der Waals surface area contributed by atoms with Crippen LogP contribution in [-0.2, 0) is 6.54 Å². The molecule has 156 valence electrons. The van der Waals surface area contributed by atoms with E-state index in [1.165, 1.54) is 6.21 Å². The molecule has 0 unspecified atom stereocenters. The van der Waals surface area contributed by atoms with Gasteiger partial charge in [-0.1, -0.05) is 30.8 Å². The number of carbonyl (C=O) groups is 1. The molecular formula is C23H27N5O2. The Labute approximate surface area is 176 Å². The van der Waals surface area contributed by atoms with E-state index in [-0.39, 0.29) is 17.3 Å². The molecule has 0 atom stereocenters. The predicted octanol–water partition coefficient (Wildman–Crippen LogP) is 2.91. The number of nitrogens with two attached hydrogens (primary N) is 1. The molecule has 0 aromatic heterocycles. The first kappa shape index (κ1) is 20.0. The minimum Gasteiger partial charge on any atom is -0.508 e. The largest absolute Gasteiger partial charge is 0.508 e. The van der Waals surface area contributed by atoms with E-state index in [1.807, 2.05) is 46.2 Å². The molecule has 4 rings (SSSR count). The Kier molecular flexibility index (Phi) is 5.46. The molecular weight excluding hydrogens is 378 g/mol. The van der Waals surface area contributed by atoms with Crippen LogP contribution in [0.5, 0.6) is 5.75 Å². The maximum absolute atomic E-state index is 13.5. The van der Waals surface area contributed by atoms with Crippen LogP contribution in [-0.4, -0.2) is 47.4 Å². The minimum atomic E-state index is -0.220. The molecule has 0 bridgehead atoms. The predicted molar refractivity (Wildman–Crippen MR) is 119 cm³/mol. The van der Waals surface area contributed by atoms with Gasteiger partial charge in [0, 0.05) is 12.2 Å². The SMILES string of the molecule is C=C(/C=N\N)c1ccc(N2CC3(CCNCC3)N(Cc3cccc(O)c3)C2=O)cc1. The maximum Gasteiger partial charge on any atom is 0.325 e. The van der Waals surface area contributed by atoms with Crippen molar-refractivity contribution >= 4 is 23.5 Å². The molecule has 2 aromatic rings. The smallest absolute Gasteiger partial charge is 0.325 e. The van der Waals surface area contributed by atoms with Crippen LogP contribution in [0.3, 0.4) is 0 Å². The van der Waals surface area contributed by atoms with E-state index < -0.39 is 0 Å². The van der Waals surface area contributed by atoms with Crippen molar-refractivity contribution < 1.29 is 9.90 Å². The van der Waals surface area contributed by atoms with Gasteiger partial charge in [0.15, 0.2) is 0 Å². The van der Waals surface area contributed by atoms with Gasteiger partial charge in [0.05, 0.1) is 18.3 Å². The van der Waals surface area contributed by atoms with E-state index in [0.717, 1.165) is 48.3 Å². The number of allylic oxidation sites excluding steroid dienone is 1. The topological polar surface area (TPSA) is 94.2 Å². The minimum absolute atomic E-state index is 0.00431. The number of hydrogen-bond acceptors (Lipinski definition) is 5. The molecule has 1 spiro atoms. The van der Waals surface area contributed by atoms with Crippen molar-refractivity contribution in [1.29, 1.82) is 0 Å². The van der Waals surface area contributed by atoms with Crippen molar-refractivity contribution in [3.05, 3.63) is 66.2 Å². The lowest BCUT2D eigenvalue weighted by Gasteiger charge is -2.40. The molecule has 0 aliphatic carbocycles. The first-order chi connectivity index (χ1) is 14.5. The third-order valence-corrected chi connectivity index (χ3v) is 6.05. The number of nitrogens with zero attached hydrogens (tertiary/aromatic N) is 3. The number of piperidine rings is 1. The van der Waals surface area contributed by atoms with Crippen molar-refractivity contribution in [3.8, 4) is 5.75 Å². The molecule has 2 aliphatic rings. The molecule has 2 heterocycles. The molecule has 2 saturated heterocycles. The number of nitrogens with one attached hydrogen (secondary N) is 1. The van der Waals surface area contributed by atoms with Gasteiger partial charge in [-0.2, -0.15) is 5.10 Å². The molecule has 30 heavy (non-hydrogen) atoms. The van der Waals surface area contributed by atoms with Gasteiger partial charge in [0.1, 0.15) is 5.75 Å². The molecule has 4 N–H and O–H groups in total. The lowest BCUT2D eigenvalue weighted by Crippen LogP contribution is -2.53. The highest BCUT2D eigenvalue weighted by Crippen LogP contribution is 2.38. The van der Waals surface area contributed by atoms with Gasteiger partial charge in [-0.3, -0.25) is 4.90 Å². The number of hydrogen-bond donors (Lipinski definition) is 3. The number of urea groups is 1. The summed E-state index contributed by atoms with van der Waals surface area (Å²) in [5.41, 5.74) is 3.20. The summed E-state index contributed by atoms with van der Waals surface area (Å²) < 4.78 is 0. The Morgan fingerprint density at radius 2 is 1.97 bits per heavy atom. The van der Waals surface area contributed by atoms with Crippen LogP contribution in [0.25, 0.3) is 5.57 Å². The van der Waals surface area contributed by atoms with Gasteiger partial charge in [-0.15, -0.1) is 0 Å². The van der Waals surface area contributed by atoms with Crippen molar-refractivity contribution in [3.63, 3.8) is 0 Å². The Bertz CT molecular complexity index is 964. The van der Waals surface area contributed by atoms with E-state index in [9.17, 15) is 9.90 Å². The summed E-state index contributed by atoms with van der Waals surface area (Å²) in [5.74, 6) is 5.43. The van der Waals surface area contributed by atoms with Crippen molar-refractivity contribution in [1.82, 2.24) is 10.2 Å². The lowest BCUT2D eigenvalue weighted by atomic mass is 9.87. The average Bonchev–Trinajstić information content (AvgIpc) is 3.00. The second-order valence-electron chi connectivity index (χ2n) is 7.95. The van der Waals surface area contributed by atoms with E-state index in [2.05, 4.69) is 17.0 Å². The number of amides is 2. The van der Waals surface area contributed by atoms with Gasteiger partial charge >= 0.3 is 6.03 Å². The summed E-state index contributed by atoms with van der Waals surface area (Å²) in [5, 5.41) is 16.8. The number of benzene rings is 2. The standard InChI is InChI=1S/C23H27N5O2/c1-17(14-26-24)19-5-7-20(8-6-19)27-16-23(9-11-25-12-10-23)28(22(27)30)15-18-3-2-4-21(29)13-18/h2-8,13-14,25,29H,1,9-12,15-16,24H2/b26-14-. The summed E-state index contributed by atoms with van der Waals surface area (Å²) in [6.45, 7) is 6.84. The molecule has 7 nitrogen and oxygen atoms in total. The van der Waals surface area contributed by atoms with Gasteiger partial charge < -0.3 is 21.2 Å². The highest BCUT2D eigenvalue weighted by Gasteiger charge is 2.50. The summed E-state index contributed by atoms with van der Waals surface area (Å²) in [6.07, 6.45) is 3.31. The molecule has 2 fully saturated rings. The monoisotopic (exact) mass is 405 g/mol. The Morgan fingerprint density at radius 3 is 2.63 bits per heavy atom. The van der Waals surface area contributed by atoms with Crippen LogP contribution < -0.4 is 16.1 Å².